The molecule has 1 aromatic heterocycles. The number of carbonyl (C=O) groups excluding carboxylic acids is 1. The van der Waals surface area contributed by atoms with Gasteiger partial charge >= 0.3 is 5.97 Å². The fourth-order valence-electron chi connectivity index (χ4n) is 1.10. The number of carboxylic acid groups (broad SMARTS) is 1. The Balaban J connectivity index is 2.31. The number of carbonyl (C=O) groups is 2. The number of hydrogen-bond donors (Lipinski definition) is 3. The van der Waals surface area contributed by atoms with Crippen molar-refractivity contribution in [2.75, 3.05) is 6.54 Å². The summed E-state index contributed by atoms with van der Waals surface area (Å²) >= 11 is 0. The number of carboxylic acids is 1. The average molecular weight is 211 g/mol. The van der Waals surface area contributed by atoms with Gasteiger partial charge in [-0.25, -0.2) is 0 Å². The first kappa shape index (κ1) is 11.2. The van der Waals surface area contributed by atoms with Gasteiger partial charge in [0.2, 0.25) is 5.91 Å². The quantitative estimate of drug-likeness (QED) is 0.631. The van der Waals surface area contributed by atoms with E-state index in [4.69, 9.17) is 5.11 Å². The molecule has 0 unspecified atom stereocenters. The van der Waals surface area contributed by atoms with Crippen LogP contribution in [0.15, 0.2) is 6.20 Å². The van der Waals surface area contributed by atoms with Crippen molar-refractivity contribution in [1.29, 1.82) is 0 Å². The van der Waals surface area contributed by atoms with Crippen molar-refractivity contribution in [3.05, 3.63) is 17.5 Å². The summed E-state index contributed by atoms with van der Waals surface area (Å²) in [5, 5.41) is 17.4. The minimum absolute atomic E-state index is 0.0594. The van der Waals surface area contributed by atoms with Gasteiger partial charge in [0.25, 0.3) is 0 Å². The van der Waals surface area contributed by atoms with Crippen LogP contribution in [0, 0.1) is 6.92 Å². The third kappa shape index (κ3) is 3.80. The second-order valence-electron chi connectivity index (χ2n) is 3.19. The fourth-order valence-corrected chi connectivity index (χ4v) is 1.10. The second-order valence-corrected chi connectivity index (χ2v) is 3.19. The van der Waals surface area contributed by atoms with Crippen LogP contribution in [0.4, 0.5) is 0 Å². The van der Waals surface area contributed by atoms with Crippen LogP contribution in [-0.2, 0) is 16.0 Å². The molecule has 0 radical (unpaired) electrons. The number of nitrogens with zero attached hydrogens (tertiary/aromatic N) is 1. The first-order valence-electron chi connectivity index (χ1n) is 4.57. The maximum absolute atomic E-state index is 11.3. The van der Waals surface area contributed by atoms with E-state index in [0.717, 1.165) is 11.3 Å². The van der Waals surface area contributed by atoms with Gasteiger partial charge in [-0.1, -0.05) is 0 Å². The van der Waals surface area contributed by atoms with E-state index in [0.29, 0.717) is 0 Å². The highest BCUT2D eigenvalue weighted by molar-refractivity contribution is 5.79. The molecular weight excluding hydrogens is 198 g/mol. The zero-order chi connectivity index (χ0) is 11.3. The van der Waals surface area contributed by atoms with Gasteiger partial charge in [-0.2, -0.15) is 5.10 Å². The van der Waals surface area contributed by atoms with Gasteiger partial charge in [0, 0.05) is 17.8 Å². The molecule has 0 bridgehead atoms. The Bertz CT molecular complexity index is 359. The third-order valence-corrected chi connectivity index (χ3v) is 1.95. The fraction of sp³-hybridized carbons (Fsp3) is 0.444. The van der Waals surface area contributed by atoms with Crippen LogP contribution in [0.2, 0.25) is 0 Å². The Kier molecular flexibility index (Phi) is 3.84. The number of aliphatic carboxylic acids is 1. The zero-order valence-electron chi connectivity index (χ0n) is 8.41. The number of H-pyrrole nitrogens is 1. The molecule has 0 saturated heterocycles. The van der Waals surface area contributed by atoms with Crippen LogP contribution in [0.5, 0.6) is 0 Å². The Morgan fingerprint density at radius 1 is 1.60 bits per heavy atom. The van der Waals surface area contributed by atoms with E-state index in [-0.39, 0.29) is 25.3 Å². The van der Waals surface area contributed by atoms with Crippen molar-refractivity contribution < 1.29 is 14.7 Å². The molecule has 1 aromatic rings. The molecule has 0 aliphatic heterocycles. The molecule has 82 valence electrons. The Hall–Kier alpha value is -1.85. The monoisotopic (exact) mass is 211 g/mol. The molecule has 0 atom stereocenters. The van der Waals surface area contributed by atoms with E-state index < -0.39 is 5.97 Å². The Labute approximate surface area is 86.7 Å². The number of nitrogens with one attached hydrogen (secondary N) is 2. The van der Waals surface area contributed by atoms with E-state index in [1.54, 1.807) is 6.20 Å². The molecule has 0 aliphatic rings. The highest BCUT2D eigenvalue weighted by atomic mass is 16.4. The van der Waals surface area contributed by atoms with E-state index in [1.807, 2.05) is 6.92 Å². The van der Waals surface area contributed by atoms with Crippen molar-refractivity contribution in [3.63, 3.8) is 0 Å². The van der Waals surface area contributed by atoms with Crippen LogP contribution < -0.4 is 5.32 Å². The molecule has 6 nitrogen and oxygen atoms in total. The largest absolute Gasteiger partial charge is 0.481 e. The van der Waals surface area contributed by atoms with Gasteiger partial charge in [0.15, 0.2) is 0 Å². The Morgan fingerprint density at radius 3 is 2.87 bits per heavy atom. The van der Waals surface area contributed by atoms with Gasteiger partial charge < -0.3 is 10.4 Å². The van der Waals surface area contributed by atoms with Gasteiger partial charge in [0.1, 0.15) is 0 Å². The topological polar surface area (TPSA) is 95.1 Å². The molecule has 1 amide bonds. The molecule has 15 heavy (non-hydrogen) atoms. The summed E-state index contributed by atoms with van der Waals surface area (Å²) in [6.45, 7) is 1.98. The summed E-state index contributed by atoms with van der Waals surface area (Å²) in [6.07, 6.45) is 1.75. The van der Waals surface area contributed by atoms with Gasteiger partial charge in [0.05, 0.1) is 19.0 Å². The predicted molar refractivity (Wildman–Crippen MR) is 52.3 cm³/mol. The van der Waals surface area contributed by atoms with Crippen molar-refractivity contribution in [2.24, 2.45) is 0 Å². The third-order valence-electron chi connectivity index (χ3n) is 1.95. The average Bonchev–Trinajstić information content (AvgIpc) is 2.51. The minimum Gasteiger partial charge on any atom is -0.481 e. The van der Waals surface area contributed by atoms with E-state index in [2.05, 4.69) is 15.5 Å². The molecule has 1 heterocycles. The number of aryl methyl sites for hydroxylation is 1. The second kappa shape index (κ2) is 5.14. The lowest BCUT2D eigenvalue weighted by Gasteiger charge is -2.02. The summed E-state index contributed by atoms with van der Waals surface area (Å²) in [5.74, 6) is -1.12. The van der Waals surface area contributed by atoms with Crippen LogP contribution in [0.25, 0.3) is 0 Å². The van der Waals surface area contributed by atoms with E-state index in [9.17, 15) is 9.59 Å². The van der Waals surface area contributed by atoms with Crippen LogP contribution >= 0.6 is 0 Å². The summed E-state index contributed by atoms with van der Waals surface area (Å²) < 4.78 is 0. The molecule has 6 heteroatoms. The van der Waals surface area contributed by atoms with E-state index >= 15 is 0 Å². The van der Waals surface area contributed by atoms with Crippen molar-refractivity contribution >= 4 is 11.9 Å². The lowest BCUT2D eigenvalue weighted by Crippen LogP contribution is -2.27. The number of amides is 1. The van der Waals surface area contributed by atoms with Crippen molar-refractivity contribution in [2.45, 2.75) is 19.8 Å². The summed E-state index contributed by atoms with van der Waals surface area (Å²) in [7, 11) is 0. The maximum atomic E-state index is 11.3. The summed E-state index contributed by atoms with van der Waals surface area (Å²) in [5.41, 5.74) is 1.67. The Morgan fingerprint density at radius 2 is 2.33 bits per heavy atom. The van der Waals surface area contributed by atoms with Crippen LogP contribution in [-0.4, -0.2) is 33.7 Å². The molecule has 0 aromatic carbocycles. The smallest absolute Gasteiger partial charge is 0.305 e. The highest BCUT2D eigenvalue weighted by Crippen LogP contribution is 2.02. The minimum atomic E-state index is -0.921. The molecule has 0 saturated carbocycles. The maximum Gasteiger partial charge on any atom is 0.305 e. The molecule has 0 aliphatic carbocycles. The zero-order valence-corrected chi connectivity index (χ0v) is 8.41. The molecule has 0 spiro atoms. The highest BCUT2D eigenvalue weighted by Gasteiger charge is 2.07. The van der Waals surface area contributed by atoms with Crippen molar-refractivity contribution in [1.82, 2.24) is 15.5 Å². The van der Waals surface area contributed by atoms with Crippen LogP contribution in [0.1, 0.15) is 17.7 Å². The first-order valence-corrected chi connectivity index (χ1v) is 4.57. The molecule has 0 fully saturated rings. The summed E-state index contributed by atoms with van der Waals surface area (Å²) in [6, 6.07) is 0. The van der Waals surface area contributed by atoms with Crippen molar-refractivity contribution in [3.8, 4) is 0 Å². The molecule has 3 N–H and O–H groups in total. The summed E-state index contributed by atoms with van der Waals surface area (Å²) in [4.78, 5) is 21.5. The standard InChI is InChI=1S/C9H13N3O3/c1-6-7(5-11-12-6)4-8(13)10-3-2-9(14)15/h5H,2-4H2,1H3,(H,10,13)(H,11,12)(H,14,15). The first-order chi connectivity index (χ1) is 7.09. The van der Waals surface area contributed by atoms with Gasteiger partial charge in [-0.05, 0) is 6.92 Å². The number of hydrogen-bond acceptors (Lipinski definition) is 3. The van der Waals surface area contributed by atoms with Gasteiger partial charge in [-0.15, -0.1) is 0 Å². The van der Waals surface area contributed by atoms with E-state index in [1.165, 1.54) is 0 Å². The number of aromatic nitrogens is 2. The molecule has 1 rings (SSSR count). The normalized spacial score (nSPS) is 9.93. The number of aromatic amines is 1. The lowest BCUT2D eigenvalue weighted by atomic mass is 10.2. The number of rotatable bonds is 5. The lowest BCUT2D eigenvalue weighted by molar-refractivity contribution is -0.136. The van der Waals surface area contributed by atoms with Crippen LogP contribution in [0.3, 0.4) is 0 Å². The predicted octanol–water partition coefficient (Wildman–Crippen LogP) is -0.148. The van der Waals surface area contributed by atoms with Gasteiger partial charge in [-0.3, -0.25) is 14.7 Å². The SMILES string of the molecule is Cc1[nH]ncc1CC(=O)NCCC(=O)O. The molecular formula is C9H13N3O3.